The number of benzene rings is 6. The molecule has 0 bridgehead atoms. The van der Waals surface area contributed by atoms with E-state index >= 15 is 0 Å². The first-order valence-electron chi connectivity index (χ1n) is 15.7. The zero-order chi connectivity index (χ0) is 29.6. The fourth-order valence-electron chi connectivity index (χ4n) is 6.49. The van der Waals surface area contributed by atoms with Crippen molar-refractivity contribution < 1.29 is 0 Å². The Balaban J connectivity index is 0.971. The van der Waals surface area contributed by atoms with E-state index in [2.05, 4.69) is 147 Å². The first-order chi connectivity index (χ1) is 21.6. The minimum atomic E-state index is 0.490. The molecule has 6 aromatic rings. The second-order valence-electron chi connectivity index (χ2n) is 11.9. The van der Waals surface area contributed by atoms with Crippen molar-refractivity contribution in [2.24, 2.45) is 0 Å². The summed E-state index contributed by atoms with van der Waals surface area (Å²) in [5.41, 5.74) is 10.8. The molecule has 8 rings (SSSR count). The van der Waals surface area contributed by atoms with Crippen molar-refractivity contribution in [2.75, 3.05) is 0 Å². The Morgan fingerprint density at radius 2 is 0.795 bits per heavy atom. The van der Waals surface area contributed by atoms with Gasteiger partial charge in [0.2, 0.25) is 0 Å². The van der Waals surface area contributed by atoms with Crippen LogP contribution < -0.4 is 0 Å². The molecule has 0 saturated carbocycles. The minimum Gasteiger partial charge on any atom is -0.116 e. The lowest BCUT2D eigenvalue weighted by molar-refractivity contribution is 0.938. The van der Waals surface area contributed by atoms with Crippen LogP contribution in [-0.4, -0.2) is 0 Å². The molecular weight excluding hydrogens is 569 g/mol. The molecule has 2 unspecified atom stereocenters. The number of aryl methyl sites for hydroxylation is 2. The molecule has 214 valence electrons. The van der Waals surface area contributed by atoms with Gasteiger partial charge in [0.15, 0.2) is 0 Å². The number of rotatable bonds is 6. The van der Waals surface area contributed by atoms with Gasteiger partial charge in [-0.15, -0.1) is 23.5 Å². The fourth-order valence-corrected chi connectivity index (χ4v) is 9.80. The lowest BCUT2D eigenvalue weighted by Crippen LogP contribution is -1.91. The predicted octanol–water partition coefficient (Wildman–Crippen LogP) is 12.5. The van der Waals surface area contributed by atoms with Gasteiger partial charge in [0.1, 0.15) is 0 Å². The number of hydrogen-bond donors (Lipinski definition) is 0. The third kappa shape index (κ3) is 5.21. The normalized spacial score (nSPS) is 17.1. The first kappa shape index (κ1) is 27.6. The monoisotopic (exact) mass is 602 g/mol. The van der Waals surface area contributed by atoms with Gasteiger partial charge in [0, 0.05) is 9.79 Å². The molecule has 2 aliphatic rings. The van der Waals surface area contributed by atoms with Crippen molar-refractivity contribution in [1.29, 1.82) is 0 Å². The standard InChI is InChI=1S/C42H34S2/c1-3-27-9-15-35-23-29(11-17-33(35)21-27)5-7-31-13-19-37-39(25-31)43-42-38-20-14-32(26-40(38)44-41(37)42)8-6-30-12-18-34-22-28(4-2)10-16-36(34)24-30/h5-26,41-42H,3-4H2,1-2H3. The summed E-state index contributed by atoms with van der Waals surface area (Å²) < 4.78 is 0. The zero-order valence-corrected chi connectivity index (χ0v) is 26.7. The Bertz CT molecular complexity index is 1960. The predicted molar refractivity (Wildman–Crippen MR) is 195 cm³/mol. The third-order valence-electron chi connectivity index (χ3n) is 9.08. The molecule has 0 amide bonds. The highest BCUT2D eigenvalue weighted by molar-refractivity contribution is 8.05. The van der Waals surface area contributed by atoms with Crippen LogP contribution in [0.1, 0.15) is 68.9 Å². The van der Waals surface area contributed by atoms with Gasteiger partial charge in [0.25, 0.3) is 0 Å². The topological polar surface area (TPSA) is 0 Å². The molecule has 0 N–H and O–H groups in total. The van der Waals surface area contributed by atoms with Gasteiger partial charge in [-0.05, 0) is 103 Å². The van der Waals surface area contributed by atoms with E-state index in [-0.39, 0.29) is 0 Å². The van der Waals surface area contributed by atoms with E-state index in [0.717, 1.165) is 12.8 Å². The van der Waals surface area contributed by atoms with Crippen molar-refractivity contribution in [2.45, 2.75) is 47.0 Å². The van der Waals surface area contributed by atoms with E-state index in [4.69, 9.17) is 0 Å². The molecule has 2 atom stereocenters. The summed E-state index contributed by atoms with van der Waals surface area (Å²) in [6.07, 6.45) is 11.2. The molecule has 44 heavy (non-hydrogen) atoms. The number of fused-ring (bicyclic) bond motifs is 7. The van der Waals surface area contributed by atoms with E-state index in [9.17, 15) is 0 Å². The van der Waals surface area contributed by atoms with Gasteiger partial charge in [-0.2, -0.15) is 0 Å². The lowest BCUT2D eigenvalue weighted by Gasteiger charge is -2.08. The van der Waals surface area contributed by atoms with Crippen LogP contribution in [0, 0.1) is 0 Å². The van der Waals surface area contributed by atoms with E-state index < -0.39 is 0 Å². The smallest absolute Gasteiger partial charge is 0.0519 e. The van der Waals surface area contributed by atoms with E-state index in [0.29, 0.717) is 10.5 Å². The average Bonchev–Trinajstić information content (AvgIpc) is 3.60. The van der Waals surface area contributed by atoms with Crippen LogP contribution in [0.2, 0.25) is 0 Å². The summed E-state index contributed by atoms with van der Waals surface area (Å²) in [4.78, 5) is 2.86. The molecule has 0 saturated heterocycles. The summed E-state index contributed by atoms with van der Waals surface area (Å²) in [6, 6.07) is 41.2. The molecule has 2 aliphatic heterocycles. The van der Waals surface area contributed by atoms with Crippen molar-refractivity contribution >= 4 is 69.4 Å². The van der Waals surface area contributed by atoms with Crippen molar-refractivity contribution in [3.8, 4) is 0 Å². The Kier molecular flexibility index (Phi) is 7.21. The van der Waals surface area contributed by atoms with Gasteiger partial charge < -0.3 is 0 Å². The van der Waals surface area contributed by atoms with E-state index in [1.807, 2.05) is 23.5 Å². The van der Waals surface area contributed by atoms with Gasteiger partial charge >= 0.3 is 0 Å². The molecule has 0 nitrogen and oxygen atoms in total. The highest BCUT2D eigenvalue weighted by Crippen LogP contribution is 2.66. The van der Waals surface area contributed by atoms with E-state index in [1.165, 1.54) is 75.8 Å². The van der Waals surface area contributed by atoms with Gasteiger partial charge in [-0.3, -0.25) is 0 Å². The maximum absolute atomic E-state index is 2.38. The Labute approximate surface area is 268 Å². The highest BCUT2D eigenvalue weighted by Gasteiger charge is 2.41. The molecule has 2 heterocycles. The summed E-state index contributed by atoms with van der Waals surface area (Å²) in [5, 5.41) is 6.22. The molecule has 0 aliphatic carbocycles. The van der Waals surface area contributed by atoms with Crippen LogP contribution in [0.4, 0.5) is 0 Å². The lowest BCUT2D eigenvalue weighted by atomic mass is 10.0. The van der Waals surface area contributed by atoms with E-state index in [1.54, 1.807) is 0 Å². The van der Waals surface area contributed by atoms with Gasteiger partial charge in [0.05, 0.1) is 10.5 Å². The SMILES string of the molecule is CCc1ccc2cc(C=Cc3ccc4c(c3)SC3c5ccc(C=Cc6ccc7cc(CC)ccc7c6)cc5SC43)ccc2c1. The first-order valence-corrected chi connectivity index (χ1v) is 17.4. The van der Waals surface area contributed by atoms with Crippen LogP contribution in [-0.2, 0) is 12.8 Å². The van der Waals surface area contributed by atoms with Crippen LogP contribution >= 0.6 is 23.5 Å². The average molecular weight is 603 g/mol. The van der Waals surface area contributed by atoms with Crippen molar-refractivity contribution in [3.63, 3.8) is 0 Å². The van der Waals surface area contributed by atoms with Crippen LogP contribution in [0.3, 0.4) is 0 Å². The highest BCUT2D eigenvalue weighted by atomic mass is 32.2. The number of hydrogen-bond acceptors (Lipinski definition) is 2. The Morgan fingerprint density at radius 3 is 1.23 bits per heavy atom. The molecule has 6 aromatic carbocycles. The zero-order valence-electron chi connectivity index (χ0n) is 25.1. The Morgan fingerprint density at radius 1 is 0.432 bits per heavy atom. The largest absolute Gasteiger partial charge is 0.116 e. The maximum Gasteiger partial charge on any atom is 0.0519 e. The molecular formula is C42H34S2. The summed E-state index contributed by atoms with van der Waals surface area (Å²) in [6.45, 7) is 4.42. The van der Waals surface area contributed by atoms with Crippen LogP contribution in [0.25, 0.3) is 45.8 Å². The van der Waals surface area contributed by atoms with Crippen LogP contribution in [0.15, 0.2) is 119 Å². The van der Waals surface area contributed by atoms with Gasteiger partial charge in [-0.25, -0.2) is 0 Å². The van der Waals surface area contributed by atoms with Crippen LogP contribution in [0.5, 0.6) is 0 Å². The summed E-state index contributed by atoms with van der Waals surface area (Å²) in [7, 11) is 0. The quantitative estimate of drug-likeness (QED) is 0.174. The summed E-state index contributed by atoms with van der Waals surface area (Å²) in [5.74, 6) is 0. The summed E-state index contributed by atoms with van der Waals surface area (Å²) >= 11 is 4.08. The van der Waals surface area contributed by atoms with Crippen molar-refractivity contribution in [3.05, 3.63) is 154 Å². The van der Waals surface area contributed by atoms with Crippen molar-refractivity contribution in [1.82, 2.24) is 0 Å². The molecule has 0 fully saturated rings. The Hall–Kier alpha value is -3.98. The molecule has 0 aromatic heterocycles. The second kappa shape index (κ2) is 11.5. The maximum atomic E-state index is 2.38. The molecule has 0 spiro atoms. The molecule has 0 radical (unpaired) electrons. The molecule has 2 heteroatoms. The third-order valence-corrected chi connectivity index (χ3v) is 12.0. The minimum absolute atomic E-state index is 0.490. The second-order valence-corrected chi connectivity index (χ2v) is 14.3. The fraction of sp³-hybridized carbons (Fsp3) is 0.143. The van der Waals surface area contributed by atoms with Gasteiger partial charge in [-0.1, -0.05) is 123 Å². The number of thioether (sulfide) groups is 2.